The number of rotatable bonds is 2. The Morgan fingerprint density at radius 3 is 2.55 bits per heavy atom. The topological polar surface area (TPSA) is 41.1 Å². The van der Waals surface area contributed by atoms with Gasteiger partial charge < -0.3 is 0 Å². The third kappa shape index (κ3) is 1.91. The van der Waals surface area contributed by atoms with Gasteiger partial charge in [0.1, 0.15) is 0 Å². The van der Waals surface area contributed by atoms with E-state index in [1.54, 1.807) is 11.3 Å². The van der Waals surface area contributed by atoms with Crippen LogP contribution in [0.2, 0.25) is 0 Å². The van der Waals surface area contributed by atoms with E-state index in [4.69, 9.17) is 10.2 Å². The number of aromatic nitrogens is 2. The summed E-state index contributed by atoms with van der Waals surface area (Å²) in [5.74, 6) is 0. The van der Waals surface area contributed by atoms with Gasteiger partial charge in [0.05, 0.1) is 23.9 Å². The second-order valence-corrected chi connectivity index (χ2v) is 6.15. The second kappa shape index (κ2) is 4.77. The Hall–Kier alpha value is -2.12. The Kier molecular flexibility index (Phi) is 3.07. The van der Waals surface area contributed by atoms with Crippen molar-refractivity contribution in [1.29, 1.82) is 5.26 Å². The molecule has 0 atom stereocenters. The highest BCUT2D eigenvalue weighted by atomic mass is 32.1. The van der Waals surface area contributed by atoms with Crippen molar-refractivity contribution in [2.45, 2.75) is 27.2 Å². The van der Waals surface area contributed by atoms with Crippen molar-refractivity contribution in [2.24, 2.45) is 0 Å². The smallest absolute Gasteiger partial charge is 0.194 e. The van der Waals surface area contributed by atoms with Gasteiger partial charge in [-0.15, -0.1) is 11.3 Å². The van der Waals surface area contributed by atoms with E-state index in [0.717, 1.165) is 21.9 Å². The van der Waals surface area contributed by atoms with Crippen molar-refractivity contribution in [1.82, 2.24) is 9.38 Å². The summed E-state index contributed by atoms with van der Waals surface area (Å²) >= 11 is 1.68. The number of nitrogens with zero attached hydrogens (tertiary/aromatic N) is 3. The first-order chi connectivity index (χ1) is 9.61. The van der Waals surface area contributed by atoms with Gasteiger partial charge in [0, 0.05) is 16.1 Å². The van der Waals surface area contributed by atoms with Gasteiger partial charge in [0.2, 0.25) is 0 Å². The van der Waals surface area contributed by atoms with Crippen LogP contribution in [0.1, 0.15) is 21.8 Å². The number of thiazole rings is 1. The van der Waals surface area contributed by atoms with Crippen molar-refractivity contribution in [3.63, 3.8) is 0 Å². The Bertz CT molecular complexity index is 816. The normalized spacial score (nSPS) is 10.9. The van der Waals surface area contributed by atoms with Gasteiger partial charge in [-0.05, 0) is 20.8 Å². The summed E-state index contributed by atoms with van der Waals surface area (Å²) < 4.78 is 2.12. The molecule has 3 nitrogen and oxygen atoms in total. The lowest BCUT2D eigenvalue weighted by Gasteiger charge is -2.03. The molecule has 0 aliphatic rings. The molecule has 0 saturated carbocycles. The maximum Gasteiger partial charge on any atom is 0.194 e. The lowest BCUT2D eigenvalue weighted by Crippen LogP contribution is -1.95. The molecule has 0 saturated heterocycles. The van der Waals surface area contributed by atoms with E-state index in [-0.39, 0.29) is 0 Å². The number of hydrogen-bond donors (Lipinski definition) is 0. The molecule has 0 unspecified atom stereocenters. The minimum Gasteiger partial charge on any atom is -0.290 e. The SMILES string of the molecule is Cc1ccc(-c2nc3sc(C)c(C)n3c2CC#N)cc1. The van der Waals surface area contributed by atoms with Gasteiger partial charge >= 0.3 is 0 Å². The molecule has 0 amide bonds. The fourth-order valence-electron chi connectivity index (χ4n) is 2.39. The third-order valence-electron chi connectivity index (χ3n) is 3.60. The Labute approximate surface area is 122 Å². The zero-order valence-corrected chi connectivity index (χ0v) is 12.6. The number of benzene rings is 1. The van der Waals surface area contributed by atoms with Gasteiger partial charge in [-0.1, -0.05) is 29.8 Å². The zero-order valence-electron chi connectivity index (χ0n) is 11.8. The Balaban J connectivity index is 2.28. The van der Waals surface area contributed by atoms with Crippen LogP contribution in [0, 0.1) is 32.1 Å². The molecule has 0 aliphatic carbocycles. The number of imidazole rings is 1. The molecule has 3 aromatic rings. The van der Waals surface area contributed by atoms with E-state index in [2.05, 4.69) is 55.5 Å². The minimum absolute atomic E-state index is 0.376. The van der Waals surface area contributed by atoms with Crippen LogP contribution in [0.15, 0.2) is 24.3 Å². The van der Waals surface area contributed by atoms with E-state index >= 15 is 0 Å². The van der Waals surface area contributed by atoms with E-state index in [9.17, 15) is 0 Å². The molecular weight excluding hydrogens is 266 g/mol. The van der Waals surface area contributed by atoms with Crippen molar-refractivity contribution < 1.29 is 0 Å². The van der Waals surface area contributed by atoms with Crippen LogP contribution < -0.4 is 0 Å². The molecule has 2 heterocycles. The lowest BCUT2D eigenvalue weighted by molar-refractivity contribution is 1.02. The van der Waals surface area contributed by atoms with Crippen LogP contribution in [0.3, 0.4) is 0 Å². The van der Waals surface area contributed by atoms with Crippen LogP contribution in [0.4, 0.5) is 0 Å². The molecule has 0 N–H and O–H groups in total. The number of hydrogen-bond acceptors (Lipinski definition) is 3. The first-order valence-electron chi connectivity index (χ1n) is 6.53. The summed E-state index contributed by atoms with van der Waals surface area (Å²) in [5, 5.41) is 9.12. The van der Waals surface area contributed by atoms with Gasteiger partial charge in [-0.25, -0.2) is 4.98 Å². The number of nitriles is 1. The van der Waals surface area contributed by atoms with Crippen molar-refractivity contribution in [3.05, 3.63) is 46.1 Å². The van der Waals surface area contributed by atoms with Gasteiger partial charge in [-0.3, -0.25) is 4.40 Å². The van der Waals surface area contributed by atoms with Crippen LogP contribution in [0.25, 0.3) is 16.2 Å². The van der Waals surface area contributed by atoms with E-state index < -0.39 is 0 Å². The lowest BCUT2D eigenvalue weighted by atomic mass is 10.1. The molecule has 0 spiro atoms. The average Bonchev–Trinajstić information content (AvgIpc) is 2.90. The summed E-state index contributed by atoms with van der Waals surface area (Å²) in [5.41, 5.74) is 5.41. The Morgan fingerprint density at radius 1 is 1.20 bits per heavy atom. The summed E-state index contributed by atoms with van der Waals surface area (Å²) in [7, 11) is 0. The largest absolute Gasteiger partial charge is 0.290 e. The fraction of sp³-hybridized carbons (Fsp3) is 0.250. The molecule has 0 radical (unpaired) electrons. The molecule has 3 rings (SSSR count). The van der Waals surface area contributed by atoms with E-state index in [0.29, 0.717) is 6.42 Å². The first-order valence-corrected chi connectivity index (χ1v) is 7.34. The fourth-order valence-corrected chi connectivity index (χ4v) is 3.38. The van der Waals surface area contributed by atoms with Crippen LogP contribution in [-0.4, -0.2) is 9.38 Å². The van der Waals surface area contributed by atoms with Gasteiger partial charge in [0.15, 0.2) is 4.96 Å². The second-order valence-electron chi connectivity index (χ2n) is 4.97. The van der Waals surface area contributed by atoms with Crippen molar-refractivity contribution in [2.75, 3.05) is 0 Å². The maximum atomic E-state index is 9.12. The number of fused-ring (bicyclic) bond motifs is 1. The van der Waals surface area contributed by atoms with Crippen molar-refractivity contribution >= 4 is 16.3 Å². The van der Waals surface area contributed by atoms with Crippen molar-refractivity contribution in [3.8, 4) is 17.3 Å². The molecule has 0 fully saturated rings. The zero-order chi connectivity index (χ0) is 14.3. The highest BCUT2D eigenvalue weighted by Gasteiger charge is 2.17. The summed E-state index contributed by atoms with van der Waals surface area (Å²) in [6, 6.07) is 10.6. The molecule has 4 heteroatoms. The third-order valence-corrected chi connectivity index (χ3v) is 4.66. The molecular formula is C16H15N3S. The average molecular weight is 281 g/mol. The first kappa shape index (κ1) is 12.9. The van der Waals surface area contributed by atoms with Crippen LogP contribution in [0.5, 0.6) is 0 Å². The molecule has 1 aromatic carbocycles. The standard InChI is InChI=1S/C16H15N3S/c1-10-4-6-13(7-5-10)15-14(8-9-17)19-11(2)12(3)20-16(19)18-15/h4-7H,8H2,1-3H3. The van der Waals surface area contributed by atoms with E-state index in [1.165, 1.54) is 16.1 Å². The predicted octanol–water partition coefficient (Wildman–Crippen LogP) is 4.05. The minimum atomic E-state index is 0.376. The van der Waals surface area contributed by atoms with Crippen LogP contribution >= 0.6 is 11.3 Å². The highest BCUT2D eigenvalue weighted by Crippen LogP contribution is 2.31. The molecule has 0 aliphatic heterocycles. The summed E-state index contributed by atoms with van der Waals surface area (Å²) in [6.07, 6.45) is 0.376. The predicted molar refractivity (Wildman–Crippen MR) is 82.0 cm³/mol. The van der Waals surface area contributed by atoms with Gasteiger partial charge in [0.25, 0.3) is 0 Å². The highest BCUT2D eigenvalue weighted by molar-refractivity contribution is 7.17. The van der Waals surface area contributed by atoms with E-state index in [1.807, 2.05) is 0 Å². The maximum absolute atomic E-state index is 9.12. The summed E-state index contributed by atoms with van der Waals surface area (Å²) in [4.78, 5) is 6.97. The van der Waals surface area contributed by atoms with Crippen LogP contribution in [-0.2, 0) is 6.42 Å². The quantitative estimate of drug-likeness (QED) is 0.711. The number of aryl methyl sites for hydroxylation is 3. The van der Waals surface area contributed by atoms with Gasteiger partial charge in [-0.2, -0.15) is 5.26 Å². The molecule has 20 heavy (non-hydrogen) atoms. The molecule has 100 valence electrons. The Morgan fingerprint density at radius 2 is 1.90 bits per heavy atom. The monoisotopic (exact) mass is 281 g/mol. The molecule has 2 aromatic heterocycles. The molecule has 0 bridgehead atoms. The summed E-state index contributed by atoms with van der Waals surface area (Å²) in [6.45, 7) is 6.25.